The van der Waals surface area contributed by atoms with Crippen LogP contribution in [0.1, 0.15) is 21.1 Å². The minimum atomic E-state index is -4.55. The van der Waals surface area contributed by atoms with Crippen molar-refractivity contribution in [1.29, 1.82) is 0 Å². The molecule has 0 unspecified atom stereocenters. The maximum Gasteiger partial charge on any atom is 0.443 e. The Balaban J connectivity index is 0.00000210. The number of rotatable bonds is 6. The highest BCUT2D eigenvalue weighted by Crippen LogP contribution is 2.36. The lowest BCUT2D eigenvalue weighted by molar-refractivity contribution is -0.139. The number of carboxylic acids is 1. The van der Waals surface area contributed by atoms with E-state index in [4.69, 9.17) is 5.11 Å². The Kier molecular flexibility index (Phi) is 9.87. The first-order valence-corrected chi connectivity index (χ1v) is 12.7. The highest BCUT2D eigenvalue weighted by atomic mass is 35.5. The van der Waals surface area contributed by atoms with Gasteiger partial charge in [0.05, 0.1) is 31.7 Å². The van der Waals surface area contributed by atoms with E-state index in [-0.39, 0.29) is 56.9 Å². The van der Waals surface area contributed by atoms with Gasteiger partial charge in [-0.25, -0.2) is 9.37 Å². The number of fused-ring (bicyclic) bond motifs is 3. The van der Waals surface area contributed by atoms with E-state index in [1.54, 1.807) is 21.6 Å². The molecule has 15 heteroatoms. The van der Waals surface area contributed by atoms with Gasteiger partial charge in [-0.1, -0.05) is 12.1 Å². The molecule has 214 valence electrons. The van der Waals surface area contributed by atoms with E-state index >= 15 is 0 Å². The SMILES string of the molecule is Cl.Cl.O=C(O)CN1CCN(CC(=O)N2CCc3c(n(Cc4cnc(C(F)(F)F)s4)c4c(F)cccc34)C2)CC1. The number of nitrogens with zero attached hydrogens (tertiary/aromatic N) is 5. The average Bonchev–Trinajstić information content (AvgIpc) is 3.44. The highest BCUT2D eigenvalue weighted by molar-refractivity contribution is 7.11. The quantitative estimate of drug-likeness (QED) is 0.428. The summed E-state index contributed by atoms with van der Waals surface area (Å²) in [7, 11) is 0. The molecule has 5 rings (SSSR count). The Bertz CT molecular complexity index is 1340. The summed E-state index contributed by atoms with van der Waals surface area (Å²) in [5.41, 5.74) is 1.94. The fourth-order valence-electron chi connectivity index (χ4n) is 5.10. The number of halogens is 6. The van der Waals surface area contributed by atoms with Crippen molar-refractivity contribution in [2.24, 2.45) is 0 Å². The smallest absolute Gasteiger partial charge is 0.443 e. The number of amides is 1. The summed E-state index contributed by atoms with van der Waals surface area (Å²) in [6.07, 6.45) is -2.87. The first-order chi connectivity index (χ1) is 17.6. The minimum absolute atomic E-state index is 0. The van der Waals surface area contributed by atoms with Crippen LogP contribution in [0, 0.1) is 5.82 Å². The highest BCUT2D eigenvalue weighted by Gasteiger charge is 2.35. The molecule has 0 saturated carbocycles. The fourth-order valence-corrected chi connectivity index (χ4v) is 5.86. The zero-order valence-electron chi connectivity index (χ0n) is 20.6. The van der Waals surface area contributed by atoms with Crippen molar-refractivity contribution >= 4 is 58.9 Å². The Labute approximate surface area is 238 Å². The first kappa shape index (κ1) is 31.1. The van der Waals surface area contributed by atoms with Crippen molar-refractivity contribution in [1.82, 2.24) is 24.3 Å². The monoisotopic (exact) mass is 611 g/mol. The van der Waals surface area contributed by atoms with Gasteiger partial charge in [-0.05, 0) is 18.1 Å². The molecule has 2 aromatic heterocycles. The average molecular weight is 612 g/mol. The number of carbonyl (C=O) groups is 2. The predicted molar refractivity (Wildman–Crippen MR) is 142 cm³/mol. The van der Waals surface area contributed by atoms with E-state index in [9.17, 15) is 27.2 Å². The van der Waals surface area contributed by atoms with Crippen LogP contribution < -0.4 is 0 Å². The topological polar surface area (TPSA) is 81.9 Å². The Morgan fingerprint density at radius 1 is 1.03 bits per heavy atom. The van der Waals surface area contributed by atoms with Crippen LogP contribution in [0.3, 0.4) is 0 Å². The van der Waals surface area contributed by atoms with Crippen LogP contribution in [0.25, 0.3) is 10.9 Å². The van der Waals surface area contributed by atoms with Gasteiger partial charge in [-0.2, -0.15) is 13.2 Å². The summed E-state index contributed by atoms with van der Waals surface area (Å²) in [4.78, 5) is 33.4. The first-order valence-electron chi connectivity index (χ1n) is 11.8. The van der Waals surface area contributed by atoms with Crippen LogP contribution in [-0.2, 0) is 35.3 Å². The second-order valence-electron chi connectivity index (χ2n) is 9.29. The zero-order chi connectivity index (χ0) is 26.3. The minimum Gasteiger partial charge on any atom is -0.480 e. The molecule has 39 heavy (non-hydrogen) atoms. The van der Waals surface area contributed by atoms with Gasteiger partial charge in [0, 0.05) is 54.9 Å². The summed E-state index contributed by atoms with van der Waals surface area (Å²) in [5.74, 6) is -1.44. The number of hydrogen-bond donors (Lipinski definition) is 1. The van der Waals surface area contributed by atoms with Crippen molar-refractivity contribution in [3.05, 3.63) is 51.4 Å². The number of carboxylic acid groups (broad SMARTS) is 1. The molecule has 1 saturated heterocycles. The van der Waals surface area contributed by atoms with Crippen LogP contribution in [0.5, 0.6) is 0 Å². The van der Waals surface area contributed by atoms with E-state index in [0.717, 1.165) is 5.56 Å². The Hall–Kier alpha value is -2.45. The Morgan fingerprint density at radius 2 is 1.69 bits per heavy atom. The van der Waals surface area contributed by atoms with Gasteiger partial charge < -0.3 is 14.6 Å². The van der Waals surface area contributed by atoms with Gasteiger partial charge in [0.25, 0.3) is 0 Å². The van der Waals surface area contributed by atoms with Crippen molar-refractivity contribution in [3.63, 3.8) is 0 Å². The van der Waals surface area contributed by atoms with E-state index in [0.29, 0.717) is 72.0 Å². The van der Waals surface area contributed by atoms with Gasteiger partial charge in [0.1, 0.15) is 5.82 Å². The molecule has 1 amide bonds. The number of aromatic nitrogens is 2. The van der Waals surface area contributed by atoms with Crippen LogP contribution >= 0.6 is 36.2 Å². The maximum absolute atomic E-state index is 15.0. The van der Waals surface area contributed by atoms with Gasteiger partial charge in [0.15, 0.2) is 5.01 Å². The lowest BCUT2D eigenvalue weighted by atomic mass is 10.0. The number of thiazole rings is 1. The van der Waals surface area contributed by atoms with Crippen molar-refractivity contribution < 1.29 is 32.3 Å². The molecule has 1 N–H and O–H groups in total. The van der Waals surface area contributed by atoms with Gasteiger partial charge >= 0.3 is 12.1 Å². The molecule has 0 atom stereocenters. The summed E-state index contributed by atoms with van der Waals surface area (Å²) < 4.78 is 55.9. The van der Waals surface area contributed by atoms with Crippen LogP contribution in [0.4, 0.5) is 17.6 Å². The number of aliphatic carboxylic acids is 1. The van der Waals surface area contributed by atoms with E-state index in [1.165, 1.54) is 12.3 Å². The number of para-hydroxylation sites is 1. The summed E-state index contributed by atoms with van der Waals surface area (Å²) in [6, 6.07) is 4.74. The standard InChI is InChI=1S/C24H25F4N5O3S.2ClH/c25-18-3-1-2-17-16-4-5-32(20(34)13-30-6-8-31(9-7-30)14-21(35)36)12-19(16)33(22(17)18)11-15-10-29-23(37-15)24(26,27)28;;/h1-3,10H,4-9,11-14H2,(H,35,36);2*1H. The zero-order valence-corrected chi connectivity index (χ0v) is 23.1. The third kappa shape index (κ3) is 6.65. The summed E-state index contributed by atoms with van der Waals surface area (Å²) >= 11 is 0.530. The van der Waals surface area contributed by atoms with E-state index in [2.05, 4.69) is 4.98 Å². The lowest BCUT2D eigenvalue weighted by Gasteiger charge is -2.35. The molecule has 0 radical (unpaired) electrons. The van der Waals surface area contributed by atoms with E-state index < -0.39 is 23.0 Å². The van der Waals surface area contributed by atoms with Gasteiger partial charge in [0.2, 0.25) is 5.91 Å². The van der Waals surface area contributed by atoms with Crippen molar-refractivity contribution in [2.45, 2.75) is 25.7 Å². The number of piperazine rings is 1. The van der Waals surface area contributed by atoms with E-state index in [1.807, 2.05) is 9.80 Å². The third-order valence-electron chi connectivity index (χ3n) is 6.87. The van der Waals surface area contributed by atoms with Gasteiger partial charge in [-0.3, -0.25) is 19.4 Å². The van der Waals surface area contributed by atoms with Crippen LogP contribution in [-0.4, -0.2) is 87.0 Å². The van der Waals surface area contributed by atoms with Gasteiger partial charge in [-0.15, -0.1) is 36.2 Å². The third-order valence-corrected chi connectivity index (χ3v) is 7.90. The molecule has 4 heterocycles. The number of alkyl halides is 3. The number of hydrogen-bond acceptors (Lipinski definition) is 6. The molecular weight excluding hydrogens is 585 g/mol. The number of carbonyl (C=O) groups excluding carboxylic acids is 1. The Morgan fingerprint density at radius 3 is 2.31 bits per heavy atom. The summed E-state index contributed by atoms with van der Waals surface area (Å²) in [6.45, 7) is 3.15. The van der Waals surface area contributed by atoms with Crippen molar-refractivity contribution in [3.8, 4) is 0 Å². The second-order valence-corrected chi connectivity index (χ2v) is 10.4. The molecule has 0 spiro atoms. The second kappa shape index (κ2) is 12.4. The largest absolute Gasteiger partial charge is 0.480 e. The molecule has 2 aliphatic heterocycles. The van der Waals surface area contributed by atoms with Crippen LogP contribution in [0.15, 0.2) is 24.4 Å². The molecule has 1 fully saturated rings. The predicted octanol–water partition coefficient (Wildman–Crippen LogP) is 3.73. The molecule has 2 aliphatic rings. The lowest BCUT2D eigenvalue weighted by Crippen LogP contribution is -2.51. The fraction of sp³-hybridized carbons (Fsp3) is 0.458. The number of benzene rings is 1. The molecule has 0 bridgehead atoms. The molecule has 0 aliphatic carbocycles. The molecule has 8 nitrogen and oxygen atoms in total. The summed E-state index contributed by atoms with van der Waals surface area (Å²) in [5, 5.41) is 8.71. The molecule has 3 aromatic rings. The van der Waals surface area contributed by atoms with Crippen LogP contribution in [0.2, 0.25) is 0 Å². The van der Waals surface area contributed by atoms with Crippen molar-refractivity contribution in [2.75, 3.05) is 45.8 Å². The molecule has 1 aromatic carbocycles. The maximum atomic E-state index is 15.0. The normalized spacial score (nSPS) is 16.5. The molecular formula is C24H27Cl2F4N5O3S.